The predicted octanol–water partition coefficient (Wildman–Crippen LogP) is 2.37. The van der Waals surface area contributed by atoms with Crippen LogP contribution in [-0.4, -0.2) is 39.2 Å². The highest BCUT2D eigenvalue weighted by Gasteiger charge is 2.20. The third-order valence-electron chi connectivity index (χ3n) is 3.54. The molecular formula is C18H17N3O3. The molecule has 1 N–H and O–H groups in total. The lowest BCUT2D eigenvalue weighted by Crippen LogP contribution is -2.33. The highest BCUT2D eigenvalue weighted by atomic mass is 16.5. The highest BCUT2D eigenvalue weighted by Crippen LogP contribution is 2.20. The molecule has 6 heteroatoms. The molecule has 0 atom stereocenters. The number of carbonyl (C=O) groups is 1. The lowest BCUT2D eigenvalue weighted by atomic mass is 10.1. The molecule has 0 bridgehead atoms. The molecule has 2 aromatic heterocycles. The summed E-state index contributed by atoms with van der Waals surface area (Å²) in [5.41, 5.74) is 1.95. The molecule has 2 heterocycles. The first kappa shape index (κ1) is 15.9. The van der Waals surface area contributed by atoms with Gasteiger partial charge in [0.2, 0.25) is 0 Å². The molecule has 122 valence electrons. The molecular weight excluding hydrogens is 306 g/mol. The highest BCUT2D eigenvalue weighted by molar-refractivity contribution is 5.93. The number of aliphatic hydroxyl groups excluding tert-OH is 1. The Morgan fingerprint density at radius 3 is 2.71 bits per heavy atom. The molecule has 0 aliphatic heterocycles. The van der Waals surface area contributed by atoms with E-state index >= 15 is 0 Å². The zero-order valence-corrected chi connectivity index (χ0v) is 13.0. The van der Waals surface area contributed by atoms with Crippen molar-refractivity contribution in [3.05, 3.63) is 72.2 Å². The summed E-state index contributed by atoms with van der Waals surface area (Å²) < 4.78 is 5.28. The van der Waals surface area contributed by atoms with E-state index in [1.807, 2.05) is 36.4 Å². The number of hydrogen-bond donors (Lipinski definition) is 1. The van der Waals surface area contributed by atoms with Crippen LogP contribution in [0, 0.1) is 0 Å². The van der Waals surface area contributed by atoms with Crippen LogP contribution in [0.1, 0.15) is 16.1 Å². The van der Waals surface area contributed by atoms with Crippen LogP contribution in [0.3, 0.4) is 0 Å². The second kappa shape index (κ2) is 7.52. The molecule has 0 aliphatic carbocycles. The van der Waals surface area contributed by atoms with Gasteiger partial charge in [0.1, 0.15) is 0 Å². The van der Waals surface area contributed by atoms with Crippen LogP contribution in [0.25, 0.3) is 11.3 Å². The van der Waals surface area contributed by atoms with Gasteiger partial charge in [0.05, 0.1) is 6.61 Å². The van der Waals surface area contributed by atoms with Gasteiger partial charge >= 0.3 is 0 Å². The molecule has 0 radical (unpaired) electrons. The summed E-state index contributed by atoms with van der Waals surface area (Å²) in [4.78, 5) is 18.2. The number of pyridine rings is 1. The third kappa shape index (κ3) is 3.67. The lowest BCUT2D eigenvalue weighted by molar-refractivity contribution is 0.0697. The minimum atomic E-state index is -0.293. The van der Waals surface area contributed by atoms with Crippen LogP contribution in [0.5, 0.6) is 0 Å². The number of amides is 1. The van der Waals surface area contributed by atoms with Crippen molar-refractivity contribution >= 4 is 5.91 Å². The van der Waals surface area contributed by atoms with Gasteiger partial charge in [-0.25, -0.2) is 0 Å². The fraction of sp³-hybridized carbons (Fsp3) is 0.167. The smallest absolute Gasteiger partial charge is 0.276 e. The molecule has 3 aromatic rings. The van der Waals surface area contributed by atoms with E-state index < -0.39 is 0 Å². The van der Waals surface area contributed by atoms with Gasteiger partial charge < -0.3 is 14.5 Å². The normalized spacial score (nSPS) is 10.5. The van der Waals surface area contributed by atoms with E-state index in [0.29, 0.717) is 12.3 Å². The Hall–Kier alpha value is -2.99. The first-order valence-electron chi connectivity index (χ1n) is 7.59. The number of aromatic nitrogens is 2. The maximum absolute atomic E-state index is 12.7. The Bertz CT molecular complexity index is 788. The predicted molar refractivity (Wildman–Crippen MR) is 88.0 cm³/mol. The van der Waals surface area contributed by atoms with E-state index in [0.717, 1.165) is 11.1 Å². The van der Waals surface area contributed by atoms with Gasteiger partial charge in [-0.3, -0.25) is 9.78 Å². The van der Waals surface area contributed by atoms with Gasteiger partial charge in [0.15, 0.2) is 11.5 Å². The van der Waals surface area contributed by atoms with Gasteiger partial charge in [0.25, 0.3) is 5.91 Å². The van der Waals surface area contributed by atoms with Gasteiger partial charge in [-0.05, 0) is 11.6 Å². The summed E-state index contributed by atoms with van der Waals surface area (Å²) in [7, 11) is 0. The van der Waals surface area contributed by atoms with Crippen molar-refractivity contribution in [2.45, 2.75) is 6.54 Å². The molecule has 24 heavy (non-hydrogen) atoms. The van der Waals surface area contributed by atoms with Crippen molar-refractivity contribution in [2.75, 3.05) is 13.2 Å². The van der Waals surface area contributed by atoms with Gasteiger partial charge in [-0.15, -0.1) is 0 Å². The van der Waals surface area contributed by atoms with Gasteiger partial charge in [0, 0.05) is 37.1 Å². The Morgan fingerprint density at radius 1 is 1.17 bits per heavy atom. The maximum atomic E-state index is 12.7. The van der Waals surface area contributed by atoms with Crippen LogP contribution in [0.2, 0.25) is 0 Å². The van der Waals surface area contributed by atoms with Crippen molar-refractivity contribution in [3.8, 4) is 11.3 Å². The number of nitrogens with zero attached hydrogens (tertiary/aromatic N) is 3. The Kier molecular flexibility index (Phi) is 4.98. The summed E-state index contributed by atoms with van der Waals surface area (Å²) in [6, 6.07) is 14.8. The summed E-state index contributed by atoms with van der Waals surface area (Å²) in [6.07, 6.45) is 3.36. The van der Waals surface area contributed by atoms with E-state index in [4.69, 9.17) is 4.52 Å². The zero-order valence-electron chi connectivity index (χ0n) is 13.0. The molecule has 0 saturated carbocycles. The molecule has 0 aliphatic rings. The van der Waals surface area contributed by atoms with E-state index in [2.05, 4.69) is 10.1 Å². The van der Waals surface area contributed by atoms with Crippen LogP contribution in [0.15, 0.2) is 65.4 Å². The van der Waals surface area contributed by atoms with E-state index in [-0.39, 0.29) is 24.8 Å². The Balaban J connectivity index is 1.79. The Morgan fingerprint density at radius 2 is 2.00 bits per heavy atom. The summed E-state index contributed by atoms with van der Waals surface area (Å²) in [6.45, 7) is 0.428. The number of benzene rings is 1. The topological polar surface area (TPSA) is 79.5 Å². The van der Waals surface area contributed by atoms with Crippen LogP contribution < -0.4 is 0 Å². The molecule has 0 unspecified atom stereocenters. The minimum absolute atomic E-state index is 0.130. The van der Waals surface area contributed by atoms with E-state index in [1.54, 1.807) is 24.5 Å². The first-order chi connectivity index (χ1) is 11.8. The van der Waals surface area contributed by atoms with Gasteiger partial charge in [-0.2, -0.15) is 0 Å². The average Bonchev–Trinajstić information content (AvgIpc) is 3.12. The van der Waals surface area contributed by atoms with E-state index in [1.165, 1.54) is 4.90 Å². The quantitative estimate of drug-likeness (QED) is 0.753. The SMILES string of the molecule is O=C(c1cc(-c2ccccc2)on1)N(CCO)Cc1cccnc1. The molecule has 6 nitrogen and oxygen atoms in total. The fourth-order valence-electron chi connectivity index (χ4n) is 2.36. The number of hydrogen-bond acceptors (Lipinski definition) is 5. The number of rotatable bonds is 6. The first-order valence-corrected chi connectivity index (χ1v) is 7.59. The standard InChI is InChI=1S/C18H17N3O3/c22-10-9-21(13-14-5-4-8-19-12-14)18(23)16-11-17(24-20-16)15-6-2-1-3-7-15/h1-8,11-12,22H,9-10,13H2. The number of carbonyl (C=O) groups excluding carboxylic acids is 1. The minimum Gasteiger partial charge on any atom is -0.395 e. The van der Waals surface area contributed by atoms with Crippen molar-refractivity contribution in [2.24, 2.45) is 0 Å². The molecule has 1 amide bonds. The van der Waals surface area contributed by atoms with Crippen LogP contribution >= 0.6 is 0 Å². The fourth-order valence-corrected chi connectivity index (χ4v) is 2.36. The van der Waals surface area contributed by atoms with Crippen LogP contribution in [0.4, 0.5) is 0 Å². The monoisotopic (exact) mass is 323 g/mol. The molecule has 0 spiro atoms. The molecule has 0 saturated heterocycles. The van der Waals surface area contributed by atoms with Gasteiger partial charge in [-0.1, -0.05) is 41.6 Å². The van der Waals surface area contributed by atoms with Crippen molar-refractivity contribution < 1.29 is 14.4 Å². The second-order valence-electron chi connectivity index (χ2n) is 5.25. The molecule has 1 aromatic carbocycles. The summed E-state index contributed by atoms with van der Waals surface area (Å²) in [5, 5.41) is 13.1. The Labute approximate surface area is 139 Å². The van der Waals surface area contributed by atoms with E-state index in [9.17, 15) is 9.90 Å². The maximum Gasteiger partial charge on any atom is 0.276 e. The lowest BCUT2D eigenvalue weighted by Gasteiger charge is -2.20. The number of aliphatic hydroxyl groups is 1. The van der Waals surface area contributed by atoms with Crippen molar-refractivity contribution in [3.63, 3.8) is 0 Å². The summed E-state index contributed by atoms with van der Waals surface area (Å²) in [5.74, 6) is 0.239. The molecule has 0 fully saturated rings. The second-order valence-corrected chi connectivity index (χ2v) is 5.25. The third-order valence-corrected chi connectivity index (χ3v) is 3.54. The zero-order chi connectivity index (χ0) is 16.8. The van der Waals surface area contributed by atoms with Crippen molar-refractivity contribution in [1.29, 1.82) is 0 Å². The largest absolute Gasteiger partial charge is 0.395 e. The average molecular weight is 323 g/mol. The summed E-state index contributed by atoms with van der Waals surface area (Å²) >= 11 is 0. The van der Waals surface area contributed by atoms with Crippen molar-refractivity contribution in [1.82, 2.24) is 15.0 Å². The van der Waals surface area contributed by atoms with Crippen LogP contribution in [-0.2, 0) is 6.54 Å². The molecule has 3 rings (SSSR count).